The van der Waals surface area contributed by atoms with Crippen LogP contribution in [0.2, 0.25) is 0 Å². The number of hydrogen-bond donors (Lipinski definition) is 2. The number of halogens is 2. The summed E-state index contributed by atoms with van der Waals surface area (Å²) in [5.41, 5.74) is 1.18. The molecule has 9 heteroatoms. The van der Waals surface area contributed by atoms with Gasteiger partial charge in [0, 0.05) is 31.4 Å². The number of nitrogens with one attached hydrogen (secondary N) is 2. The van der Waals surface area contributed by atoms with Crippen molar-refractivity contribution < 1.29 is 23.1 Å². The van der Waals surface area contributed by atoms with E-state index < -0.39 is 17.6 Å². The summed E-state index contributed by atoms with van der Waals surface area (Å²) in [5.74, 6) is -1.77. The quantitative estimate of drug-likeness (QED) is 0.410. The molecule has 0 unspecified atom stereocenters. The Morgan fingerprint density at radius 3 is 2.54 bits per heavy atom. The number of pyridine rings is 1. The highest BCUT2D eigenvalue weighted by Gasteiger charge is 2.19. The molecule has 0 aliphatic carbocycles. The SMILES string of the molecule is COC(=O)c1c(F)cccc1-c1ccc(CNc2ccc(C(=O)NCCN3CCCCC3)cn2)c(F)c1. The van der Waals surface area contributed by atoms with Crippen molar-refractivity contribution in [1.82, 2.24) is 15.2 Å². The third-order valence-corrected chi connectivity index (χ3v) is 6.42. The highest BCUT2D eigenvalue weighted by Crippen LogP contribution is 2.28. The largest absolute Gasteiger partial charge is 0.465 e. The van der Waals surface area contributed by atoms with Crippen LogP contribution in [0.5, 0.6) is 0 Å². The number of rotatable bonds is 9. The molecule has 1 aliphatic rings. The maximum Gasteiger partial charge on any atom is 0.341 e. The standard InChI is InChI=1S/C28H30F2N4O3/c1-37-28(36)26-22(6-5-7-23(26)29)19-8-9-20(24(30)16-19)17-32-25-11-10-21(18-33-25)27(35)31-12-15-34-13-3-2-4-14-34/h5-11,16,18H,2-4,12-15,17H2,1H3,(H,31,35)(H,32,33). The van der Waals surface area contributed by atoms with Gasteiger partial charge in [-0.15, -0.1) is 0 Å². The summed E-state index contributed by atoms with van der Waals surface area (Å²) in [6.07, 6.45) is 5.18. The van der Waals surface area contributed by atoms with Crippen LogP contribution in [-0.2, 0) is 11.3 Å². The Morgan fingerprint density at radius 1 is 1.03 bits per heavy atom. The van der Waals surface area contributed by atoms with Crippen LogP contribution in [-0.4, -0.2) is 55.0 Å². The zero-order valence-electron chi connectivity index (χ0n) is 20.7. The molecule has 2 heterocycles. The number of piperidine rings is 1. The molecule has 4 rings (SSSR count). The van der Waals surface area contributed by atoms with Crippen LogP contribution in [0.1, 0.15) is 45.5 Å². The van der Waals surface area contributed by atoms with Crippen LogP contribution >= 0.6 is 0 Å². The predicted molar refractivity (Wildman–Crippen MR) is 137 cm³/mol. The minimum absolute atomic E-state index is 0.146. The maximum absolute atomic E-state index is 14.8. The Morgan fingerprint density at radius 2 is 1.84 bits per heavy atom. The smallest absolute Gasteiger partial charge is 0.341 e. The number of anilines is 1. The zero-order valence-corrected chi connectivity index (χ0v) is 20.7. The first-order valence-electron chi connectivity index (χ1n) is 12.3. The van der Waals surface area contributed by atoms with Crippen LogP contribution in [0.4, 0.5) is 14.6 Å². The molecule has 1 fully saturated rings. The summed E-state index contributed by atoms with van der Waals surface area (Å²) in [5, 5.41) is 5.96. The third-order valence-electron chi connectivity index (χ3n) is 6.42. The second kappa shape index (κ2) is 12.4. The van der Waals surface area contributed by atoms with Crippen LogP contribution in [0.15, 0.2) is 54.7 Å². The molecule has 194 valence electrons. The van der Waals surface area contributed by atoms with E-state index >= 15 is 0 Å². The number of aromatic nitrogens is 1. The molecular formula is C28H30F2N4O3. The van der Waals surface area contributed by atoms with Gasteiger partial charge in [0.15, 0.2) is 0 Å². The van der Waals surface area contributed by atoms with Crippen molar-refractivity contribution in [2.45, 2.75) is 25.8 Å². The summed E-state index contributed by atoms with van der Waals surface area (Å²) < 4.78 is 33.8. The number of ether oxygens (including phenoxy) is 1. The lowest BCUT2D eigenvalue weighted by atomic mass is 9.98. The van der Waals surface area contributed by atoms with Crippen LogP contribution in [0.25, 0.3) is 11.1 Å². The lowest BCUT2D eigenvalue weighted by molar-refractivity contribution is 0.0596. The Bertz CT molecular complexity index is 1240. The van der Waals surface area contributed by atoms with Crippen LogP contribution < -0.4 is 10.6 Å². The van der Waals surface area contributed by atoms with Crippen molar-refractivity contribution in [3.8, 4) is 11.1 Å². The average Bonchev–Trinajstić information content (AvgIpc) is 2.92. The second-order valence-electron chi connectivity index (χ2n) is 8.90. The van der Waals surface area contributed by atoms with E-state index in [1.54, 1.807) is 24.3 Å². The number of carbonyl (C=O) groups excluding carboxylic acids is 2. The van der Waals surface area contributed by atoms with E-state index in [4.69, 9.17) is 0 Å². The van der Waals surface area contributed by atoms with Crippen LogP contribution in [0, 0.1) is 11.6 Å². The summed E-state index contributed by atoms with van der Waals surface area (Å²) in [4.78, 5) is 31.0. The van der Waals surface area contributed by atoms with Crippen LogP contribution in [0.3, 0.4) is 0 Å². The molecule has 0 saturated carbocycles. The molecule has 2 N–H and O–H groups in total. The molecule has 37 heavy (non-hydrogen) atoms. The minimum Gasteiger partial charge on any atom is -0.465 e. The van der Waals surface area contributed by atoms with Gasteiger partial charge in [-0.05, 0) is 61.3 Å². The number of hydrogen-bond acceptors (Lipinski definition) is 6. The Kier molecular flexibility index (Phi) is 8.79. The topological polar surface area (TPSA) is 83.6 Å². The normalized spacial score (nSPS) is 13.7. The summed E-state index contributed by atoms with van der Waals surface area (Å²) in [7, 11) is 1.16. The number of esters is 1. The Labute approximate surface area is 214 Å². The van der Waals surface area contributed by atoms with E-state index in [9.17, 15) is 18.4 Å². The molecule has 0 radical (unpaired) electrons. The molecule has 1 saturated heterocycles. The first kappa shape index (κ1) is 26.2. The van der Waals surface area contributed by atoms with Gasteiger partial charge in [0.25, 0.3) is 5.91 Å². The average molecular weight is 509 g/mol. The van der Waals surface area contributed by atoms with Gasteiger partial charge in [0.1, 0.15) is 23.0 Å². The van der Waals surface area contributed by atoms with Crippen molar-refractivity contribution in [2.75, 3.05) is 38.6 Å². The summed E-state index contributed by atoms with van der Waals surface area (Å²) >= 11 is 0. The fourth-order valence-corrected chi connectivity index (χ4v) is 4.36. The lowest BCUT2D eigenvalue weighted by Crippen LogP contribution is -2.37. The number of methoxy groups -OCH3 is 1. The van der Waals surface area contributed by atoms with E-state index in [0.717, 1.165) is 32.8 Å². The Balaban J connectivity index is 1.34. The molecule has 0 spiro atoms. The monoisotopic (exact) mass is 508 g/mol. The Hall–Kier alpha value is -3.85. The summed E-state index contributed by atoms with van der Waals surface area (Å²) in [6, 6.07) is 11.9. The van der Waals surface area contributed by atoms with E-state index in [0.29, 0.717) is 29.1 Å². The first-order chi connectivity index (χ1) is 18.0. The number of amides is 1. The molecule has 2 aromatic carbocycles. The maximum atomic E-state index is 14.8. The molecule has 0 atom stereocenters. The number of likely N-dealkylation sites (tertiary alicyclic amines) is 1. The van der Waals surface area contributed by atoms with E-state index in [1.807, 2.05) is 0 Å². The van der Waals surface area contributed by atoms with Crippen molar-refractivity contribution in [3.63, 3.8) is 0 Å². The zero-order chi connectivity index (χ0) is 26.2. The second-order valence-corrected chi connectivity index (χ2v) is 8.90. The third kappa shape index (κ3) is 6.68. The first-order valence-corrected chi connectivity index (χ1v) is 12.3. The molecular weight excluding hydrogens is 478 g/mol. The molecule has 1 aliphatic heterocycles. The van der Waals surface area contributed by atoms with Gasteiger partial charge >= 0.3 is 5.97 Å². The van der Waals surface area contributed by atoms with Gasteiger partial charge < -0.3 is 20.3 Å². The van der Waals surface area contributed by atoms with E-state index in [2.05, 4.69) is 25.3 Å². The van der Waals surface area contributed by atoms with Gasteiger partial charge in [-0.1, -0.05) is 30.7 Å². The van der Waals surface area contributed by atoms with Gasteiger partial charge in [0.05, 0.1) is 12.7 Å². The van der Waals surface area contributed by atoms with Crippen molar-refractivity contribution >= 4 is 17.7 Å². The van der Waals surface area contributed by atoms with Crippen molar-refractivity contribution in [3.05, 3.63) is 83.1 Å². The fourth-order valence-electron chi connectivity index (χ4n) is 4.36. The number of nitrogens with zero attached hydrogens (tertiary/aromatic N) is 2. The highest BCUT2D eigenvalue weighted by molar-refractivity contribution is 5.97. The van der Waals surface area contributed by atoms with Gasteiger partial charge in [0.2, 0.25) is 0 Å². The van der Waals surface area contributed by atoms with Gasteiger partial charge in [-0.25, -0.2) is 18.6 Å². The van der Waals surface area contributed by atoms with E-state index in [-0.39, 0.29) is 23.6 Å². The number of benzene rings is 2. The van der Waals surface area contributed by atoms with Gasteiger partial charge in [-0.3, -0.25) is 4.79 Å². The van der Waals surface area contributed by atoms with Gasteiger partial charge in [-0.2, -0.15) is 0 Å². The minimum atomic E-state index is -0.829. The molecule has 7 nitrogen and oxygen atoms in total. The lowest BCUT2D eigenvalue weighted by Gasteiger charge is -2.26. The molecule has 3 aromatic rings. The van der Waals surface area contributed by atoms with Crippen molar-refractivity contribution in [2.24, 2.45) is 0 Å². The van der Waals surface area contributed by atoms with Crippen molar-refractivity contribution in [1.29, 1.82) is 0 Å². The molecule has 0 bridgehead atoms. The molecule has 1 amide bonds. The van der Waals surface area contributed by atoms with E-state index in [1.165, 1.54) is 43.7 Å². The predicted octanol–water partition coefficient (Wildman–Crippen LogP) is 4.64. The summed E-state index contributed by atoms with van der Waals surface area (Å²) in [6.45, 7) is 3.74. The fraction of sp³-hybridized carbons (Fsp3) is 0.321. The number of carbonyl (C=O) groups is 2. The molecule has 1 aromatic heterocycles. The highest BCUT2D eigenvalue weighted by atomic mass is 19.1.